The Morgan fingerprint density at radius 1 is 0.882 bits per heavy atom. The second-order valence-corrected chi connectivity index (χ2v) is 8.70. The number of esters is 1. The van der Waals surface area contributed by atoms with E-state index in [-0.39, 0.29) is 18.5 Å². The fourth-order valence-electron chi connectivity index (χ4n) is 4.35. The molecule has 1 saturated heterocycles. The molecule has 1 aliphatic rings. The molecule has 6 nitrogen and oxygen atoms in total. The van der Waals surface area contributed by atoms with Crippen LogP contribution in [-0.4, -0.2) is 61.5 Å². The van der Waals surface area contributed by atoms with Crippen molar-refractivity contribution in [1.82, 2.24) is 9.80 Å². The highest BCUT2D eigenvalue weighted by Gasteiger charge is 2.27. The molecule has 1 heterocycles. The maximum atomic E-state index is 12.7. The van der Waals surface area contributed by atoms with Crippen LogP contribution in [0.25, 0.3) is 0 Å². The van der Waals surface area contributed by atoms with Gasteiger partial charge in [-0.25, -0.2) is 4.79 Å². The van der Waals surface area contributed by atoms with Crippen molar-refractivity contribution in [1.29, 1.82) is 0 Å². The molecule has 1 N–H and O–H groups in total. The van der Waals surface area contributed by atoms with Crippen LogP contribution < -0.4 is 5.32 Å². The van der Waals surface area contributed by atoms with Crippen molar-refractivity contribution in [2.75, 3.05) is 45.2 Å². The molecule has 4 rings (SSSR count). The Balaban J connectivity index is 1.40. The number of ether oxygens (including phenoxy) is 1. The molecule has 1 amide bonds. The van der Waals surface area contributed by atoms with Crippen molar-refractivity contribution >= 4 is 29.2 Å². The third-order valence-electron chi connectivity index (χ3n) is 6.05. The Morgan fingerprint density at radius 3 is 2.18 bits per heavy atom. The summed E-state index contributed by atoms with van der Waals surface area (Å²) >= 11 is 6.13. The topological polar surface area (TPSA) is 61.9 Å². The lowest BCUT2D eigenvalue weighted by Gasteiger charge is -2.39. The van der Waals surface area contributed by atoms with Gasteiger partial charge in [-0.3, -0.25) is 14.6 Å². The number of hydrogen-bond donors (Lipinski definition) is 1. The number of carbonyl (C=O) groups is 2. The van der Waals surface area contributed by atoms with Crippen molar-refractivity contribution < 1.29 is 14.3 Å². The predicted molar refractivity (Wildman–Crippen MR) is 134 cm³/mol. The van der Waals surface area contributed by atoms with Gasteiger partial charge in [0.2, 0.25) is 5.91 Å². The minimum atomic E-state index is -0.473. The van der Waals surface area contributed by atoms with Crippen LogP contribution in [0.3, 0.4) is 0 Å². The highest BCUT2D eigenvalue weighted by Crippen LogP contribution is 2.30. The molecule has 7 heteroatoms. The molecule has 3 aromatic carbocycles. The summed E-state index contributed by atoms with van der Waals surface area (Å²) in [4.78, 5) is 29.2. The molecule has 0 aliphatic carbocycles. The molecular formula is C27H28ClN3O3. The van der Waals surface area contributed by atoms with E-state index in [0.717, 1.165) is 31.2 Å². The molecule has 0 aromatic heterocycles. The number of halogens is 1. The van der Waals surface area contributed by atoms with Crippen molar-refractivity contribution in [2.24, 2.45) is 0 Å². The van der Waals surface area contributed by atoms with Gasteiger partial charge in [0.25, 0.3) is 0 Å². The Hall–Kier alpha value is -3.19. The second-order valence-electron chi connectivity index (χ2n) is 8.26. The summed E-state index contributed by atoms with van der Waals surface area (Å²) in [5.74, 6) is -0.624. The van der Waals surface area contributed by atoms with Crippen molar-refractivity contribution in [2.45, 2.75) is 6.04 Å². The summed E-state index contributed by atoms with van der Waals surface area (Å²) < 4.78 is 4.81. The van der Waals surface area contributed by atoms with E-state index >= 15 is 0 Å². The third kappa shape index (κ3) is 5.83. The van der Waals surface area contributed by atoms with Gasteiger partial charge in [0.15, 0.2) is 0 Å². The minimum absolute atomic E-state index is 0.126. The van der Waals surface area contributed by atoms with Crippen LogP contribution in [0.5, 0.6) is 0 Å². The summed E-state index contributed by atoms with van der Waals surface area (Å²) in [6.07, 6.45) is 0. The summed E-state index contributed by atoms with van der Waals surface area (Å²) in [5.41, 5.74) is 3.23. The van der Waals surface area contributed by atoms with E-state index < -0.39 is 5.97 Å². The zero-order chi connectivity index (χ0) is 23.9. The Labute approximate surface area is 205 Å². The number of piperazine rings is 1. The van der Waals surface area contributed by atoms with Gasteiger partial charge in [-0.05, 0) is 35.4 Å². The summed E-state index contributed by atoms with van der Waals surface area (Å²) in [6, 6.07) is 25.5. The molecule has 176 valence electrons. The molecule has 34 heavy (non-hydrogen) atoms. The number of amides is 1. The first-order valence-electron chi connectivity index (χ1n) is 11.3. The summed E-state index contributed by atoms with van der Waals surface area (Å²) in [6.45, 7) is 3.45. The lowest BCUT2D eigenvalue weighted by molar-refractivity contribution is -0.117. The normalized spacial score (nSPS) is 15.5. The molecular weight excluding hydrogens is 450 g/mol. The summed E-state index contributed by atoms with van der Waals surface area (Å²) in [7, 11) is 1.33. The smallest absolute Gasteiger partial charge is 0.339 e. The van der Waals surface area contributed by atoms with Crippen LogP contribution in [0, 0.1) is 0 Å². The van der Waals surface area contributed by atoms with Crippen LogP contribution in [0.15, 0.2) is 78.9 Å². The van der Waals surface area contributed by atoms with Crippen LogP contribution >= 0.6 is 11.6 Å². The molecule has 0 unspecified atom stereocenters. The number of hydrogen-bond acceptors (Lipinski definition) is 5. The lowest BCUT2D eigenvalue weighted by Crippen LogP contribution is -2.49. The van der Waals surface area contributed by atoms with Crippen molar-refractivity contribution in [3.05, 3.63) is 101 Å². The van der Waals surface area contributed by atoms with Gasteiger partial charge in [-0.15, -0.1) is 0 Å². The average Bonchev–Trinajstić information content (AvgIpc) is 2.87. The number of carbonyl (C=O) groups excluding carboxylic acids is 2. The largest absolute Gasteiger partial charge is 0.465 e. The highest BCUT2D eigenvalue weighted by atomic mass is 35.5. The highest BCUT2D eigenvalue weighted by molar-refractivity contribution is 6.30. The Kier molecular flexibility index (Phi) is 7.95. The zero-order valence-electron chi connectivity index (χ0n) is 19.1. The zero-order valence-corrected chi connectivity index (χ0v) is 19.9. The van der Waals surface area contributed by atoms with Gasteiger partial charge in [-0.1, -0.05) is 66.2 Å². The van der Waals surface area contributed by atoms with Crippen LogP contribution in [-0.2, 0) is 9.53 Å². The monoisotopic (exact) mass is 477 g/mol. The Bertz CT molecular complexity index is 1110. The quantitative estimate of drug-likeness (QED) is 0.509. The van der Waals surface area contributed by atoms with Gasteiger partial charge in [0.05, 0.1) is 30.9 Å². The maximum absolute atomic E-state index is 12.7. The molecule has 3 aromatic rings. The first-order valence-corrected chi connectivity index (χ1v) is 11.7. The van der Waals surface area contributed by atoms with Gasteiger partial charge in [0, 0.05) is 31.2 Å². The third-order valence-corrected chi connectivity index (χ3v) is 6.30. The molecule has 0 spiro atoms. The predicted octanol–water partition coefficient (Wildman–Crippen LogP) is 4.47. The number of nitrogens with zero attached hydrogens (tertiary/aromatic N) is 2. The van der Waals surface area contributed by atoms with E-state index in [9.17, 15) is 9.59 Å². The van der Waals surface area contributed by atoms with E-state index in [2.05, 4.69) is 51.5 Å². The van der Waals surface area contributed by atoms with E-state index in [1.54, 1.807) is 24.3 Å². The maximum Gasteiger partial charge on any atom is 0.339 e. The first-order chi connectivity index (χ1) is 16.5. The molecule has 0 saturated carbocycles. The SMILES string of the molecule is COC(=O)c1ccccc1NC(=O)CN1CCN([C@H](c2ccccc2)c2ccc(Cl)cc2)CC1. The number of benzene rings is 3. The number of rotatable bonds is 7. The van der Waals surface area contributed by atoms with Crippen LogP contribution in [0.4, 0.5) is 5.69 Å². The average molecular weight is 478 g/mol. The van der Waals surface area contributed by atoms with Crippen molar-refractivity contribution in [3.63, 3.8) is 0 Å². The van der Waals surface area contributed by atoms with Crippen molar-refractivity contribution in [3.8, 4) is 0 Å². The number of para-hydroxylation sites is 1. The van der Waals surface area contributed by atoms with E-state index in [4.69, 9.17) is 16.3 Å². The molecule has 1 aliphatic heterocycles. The number of anilines is 1. The second kappa shape index (κ2) is 11.3. The fourth-order valence-corrected chi connectivity index (χ4v) is 4.47. The minimum Gasteiger partial charge on any atom is -0.465 e. The van der Waals surface area contributed by atoms with Gasteiger partial charge in [0.1, 0.15) is 0 Å². The van der Waals surface area contributed by atoms with Crippen LogP contribution in [0.1, 0.15) is 27.5 Å². The molecule has 0 bridgehead atoms. The first kappa shape index (κ1) is 24.0. The molecule has 0 radical (unpaired) electrons. The van der Waals surface area contributed by atoms with Gasteiger partial charge in [-0.2, -0.15) is 0 Å². The van der Waals surface area contributed by atoms with Gasteiger partial charge >= 0.3 is 5.97 Å². The van der Waals surface area contributed by atoms with Crippen LogP contribution in [0.2, 0.25) is 5.02 Å². The fraction of sp³-hybridized carbons (Fsp3) is 0.259. The van der Waals surface area contributed by atoms with E-state index in [1.807, 2.05) is 18.2 Å². The number of nitrogens with one attached hydrogen (secondary N) is 1. The molecule has 1 atom stereocenters. The van der Waals surface area contributed by atoms with E-state index in [1.165, 1.54) is 18.2 Å². The van der Waals surface area contributed by atoms with E-state index in [0.29, 0.717) is 11.3 Å². The Morgan fingerprint density at radius 2 is 1.50 bits per heavy atom. The lowest BCUT2D eigenvalue weighted by atomic mass is 9.96. The number of methoxy groups -OCH3 is 1. The van der Waals surface area contributed by atoms with Gasteiger partial charge < -0.3 is 10.1 Å². The standard InChI is InChI=1S/C27H28ClN3O3/c1-34-27(33)23-9-5-6-10-24(23)29-25(32)19-30-15-17-31(18-16-30)26(20-7-3-2-4-8-20)21-11-13-22(28)14-12-21/h2-14,26H,15-19H2,1H3,(H,29,32)/t26-/m1/s1. The summed E-state index contributed by atoms with van der Waals surface area (Å²) in [5, 5.41) is 3.58. The molecule has 1 fully saturated rings.